The summed E-state index contributed by atoms with van der Waals surface area (Å²) in [6, 6.07) is 0. The maximum atomic E-state index is 15.3. The molecule has 1 rings (SSSR count). The average molecular weight is 724 g/mol. The highest BCUT2D eigenvalue weighted by atomic mass is 19.1. The van der Waals surface area contributed by atoms with E-state index in [0.29, 0.717) is 25.8 Å². The molecule has 1 heterocycles. The first-order valence-corrected chi connectivity index (χ1v) is 22.6. The molecule has 1 saturated heterocycles. The number of rotatable bonds is 36. The van der Waals surface area contributed by atoms with Gasteiger partial charge in [0.25, 0.3) is 0 Å². The van der Waals surface area contributed by atoms with E-state index in [1.54, 1.807) is 4.90 Å². The predicted octanol–water partition coefficient (Wildman–Crippen LogP) is 14.1. The molecular weight excluding hydrogens is 637 g/mol. The van der Waals surface area contributed by atoms with E-state index in [2.05, 4.69) is 13.8 Å². The molecule has 2 atom stereocenters. The molecule has 0 amide bonds. The van der Waals surface area contributed by atoms with Crippen molar-refractivity contribution in [1.82, 2.24) is 4.90 Å². The second-order valence-corrected chi connectivity index (χ2v) is 16.6. The van der Waals surface area contributed by atoms with Gasteiger partial charge in [-0.05, 0) is 26.7 Å². The molecule has 302 valence electrons. The molecule has 6 heteroatoms. The van der Waals surface area contributed by atoms with Gasteiger partial charge in [0.1, 0.15) is 12.7 Å². The normalized spacial score (nSPS) is 17.5. The number of carbonyl (C=O) groups excluding carboxylic acids is 2. The van der Waals surface area contributed by atoms with Gasteiger partial charge >= 0.3 is 11.9 Å². The Morgan fingerprint density at radius 2 is 0.882 bits per heavy atom. The summed E-state index contributed by atoms with van der Waals surface area (Å²) in [5, 5.41) is 0. The number of piperidine rings is 1. The summed E-state index contributed by atoms with van der Waals surface area (Å²) in [6.45, 7) is 9.09. The summed E-state index contributed by atoms with van der Waals surface area (Å²) in [5.41, 5.74) is -0.474. The zero-order chi connectivity index (χ0) is 37.3. The quantitative estimate of drug-likeness (QED) is 0.0366. The van der Waals surface area contributed by atoms with E-state index >= 15 is 4.39 Å². The van der Waals surface area contributed by atoms with Crippen LogP contribution in [-0.4, -0.2) is 47.9 Å². The molecule has 0 N–H and O–H groups in total. The lowest BCUT2D eigenvalue weighted by Gasteiger charge is -2.47. The zero-order valence-electron chi connectivity index (χ0n) is 34.6. The molecule has 0 radical (unpaired) electrons. The molecule has 0 bridgehead atoms. The molecular formula is C45H86FNO4. The lowest BCUT2D eigenvalue weighted by molar-refractivity contribution is -0.164. The molecule has 2 unspecified atom stereocenters. The fourth-order valence-electron chi connectivity index (χ4n) is 7.87. The molecule has 0 saturated carbocycles. The molecule has 0 aromatic rings. The minimum atomic E-state index is -1.22. The minimum Gasteiger partial charge on any atom is -0.464 e. The van der Waals surface area contributed by atoms with E-state index < -0.39 is 17.9 Å². The number of ether oxygens (including phenoxy) is 2. The first-order chi connectivity index (χ1) is 24.8. The number of halogens is 1. The van der Waals surface area contributed by atoms with E-state index in [1.165, 1.54) is 167 Å². The van der Waals surface area contributed by atoms with Gasteiger partial charge < -0.3 is 9.47 Å². The summed E-state index contributed by atoms with van der Waals surface area (Å²) in [7, 11) is 0. The fourth-order valence-corrected chi connectivity index (χ4v) is 7.87. The first kappa shape index (κ1) is 47.9. The van der Waals surface area contributed by atoms with Crippen LogP contribution in [0, 0.1) is 0 Å². The summed E-state index contributed by atoms with van der Waals surface area (Å²) < 4.78 is 26.5. The molecule has 1 aliphatic heterocycles. The molecule has 0 aromatic heterocycles. The Morgan fingerprint density at radius 3 is 1.24 bits per heavy atom. The van der Waals surface area contributed by atoms with Gasteiger partial charge in [0.2, 0.25) is 0 Å². The molecule has 1 fully saturated rings. The van der Waals surface area contributed by atoms with Crippen molar-refractivity contribution in [2.45, 2.75) is 264 Å². The highest BCUT2D eigenvalue weighted by Crippen LogP contribution is 2.34. The van der Waals surface area contributed by atoms with Crippen LogP contribution < -0.4 is 0 Å². The Kier molecular flexibility index (Phi) is 31.3. The Hall–Kier alpha value is -1.17. The van der Waals surface area contributed by atoms with Gasteiger partial charge in [0.15, 0.2) is 6.30 Å². The number of unbranched alkanes of at least 4 members (excludes halogenated alkanes) is 28. The monoisotopic (exact) mass is 724 g/mol. The van der Waals surface area contributed by atoms with E-state index in [0.717, 1.165) is 25.7 Å². The number of hydrogen-bond acceptors (Lipinski definition) is 5. The van der Waals surface area contributed by atoms with Crippen molar-refractivity contribution in [3.8, 4) is 0 Å². The largest absolute Gasteiger partial charge is 0.464 e. The van der Waals surface area contributed by atoms with Gasteiger partial charge in [0.05, 0.1) is 0 Å². The fraction of sp³-hybridized carbons (Fsp3) is 0.956. The third-order valence-electron chi connectivity index (χ3n) is 11.2. The predicted molar refractivity (Wildman–Crippen MR) is 215 cm³/mol. The molecule has 51 heavy (non-hydrogen) atoms. The van der Waals surface area contributed by atoms with Crippen molar-refractivity contribution in [1.29, 1.82) is 0 Å². The summed E-state index contributed by atoms with van der Waals surface area (Å²) in [6.07, 6.45) is 38.9. The molecule has 0 aliphatic carbocycles. The number of likely N-dealkylation sites (tertiary alicyclic amines) is 1. The number of hydrogen-bond donors (Lipinski definition) is 0. The topological polar surface area (TPSA) is 55.8 Å². The molecule has 1 aliphatic rings. The van der Waals surface area contributed by atoms with Crippen LogP contribution in [0.15, 0.2) is 0 Å². The maximum Gasteiger partial charge on any atom is 0.306 e. The van der Waals surface area contributed by atoms with Crippen molar-refractivity contribution >= 4 is 11.9 Å². The van der Waals surface area contributed by atoms with Crippen LogP contribution in [0.25, 0.3) is 0 Å². The smallest absolute Gasteiger partial charge is 0.306 e. The Morgan fingerprint density at radius 1 is 0.549 bits per heavy atom. The lowest BCUT2D eigenvalue weighted by atomic mass is 9.87. The Labute approximate surface area is 316 Å². The van der Waals surface area contributed by atoms with Crippen LogP contribution in [0.3, 0.4) is 0 Å². The van der Waals surface area contributed by atoms with E-state index in [1.807, 2.05) is 13.8 Å². The van der Waals surface area contributed by atoms with Gasteiger partial charge in [-0.1, -0.05) is 194 Å². The second kappa shape index (κ2) is 33.4. The Bertz CT molecular complexity index is 805. The van der Waals surface area contributed by atoms with Crippen LogP contribution in [0.5, 0.6) is 0 Å². The van der Waals surface area contributed by atoms with Crippen LogP contribution in [0.1, 0.15) is 246 Å². The average Bonchev–Trinajstić information content (AvgIpc) is 3.09. The summed E-state index contributed by atoms with van der Waals surface area (Å²) in [4.78, 5) is 26.6. The Balaban J connectivity index is 2.01. The van der Waals surface area contributed by atoms with E-state index in [9.17, 15) is 9.59 Å². The molecule has 0 spiro atoms. The zero-order valence-corrected chi connectivity index (χ0v) is 34.6. The van der Waals surface area contributed by atoms with Crippen LogP contribution >= 0.6 is 0 Å². The third-order valence-corrected chi connectivity index (χ3v) is 11.2. The number of esters is 2. The number of carbonyl (C=O) groups is 2. The summed E-state index contributed by atoms with van der Waals surface area (Å²) >= 11 is 0. The van der Waals surface area contributed by atoms with Gasteiger partial charge in [-0.15, -0.1) is 0 Å². The van der Waals surface area contributed by atoms with Gasteiger partial charge in [0, 0.05) is 37.8 Å². The molecule has 0 aromatic carbocycles. The molecule has 5 nitrogen and oxygen atoms in total. The van der Waals surface area contributed by atoms with Crippen molar-refractivity contribution in [2.75, 3.05) is 13.2 Å². The van der Waals surface area contributed by atoms with Crippen molar-refractivity contribution < 1.29 is 23.5 Å². The van der Waals surface area contributed by atoms with Crippen LogP contribution in [-0.2, 0) is 19.1 Å². The van der Waals surface area contributed by atoms with Gasteiger partial charge in [-0.25, -0.2) is 4.39 Å². The highest BCUT2D eigenvalue weighted by molar-refractivity contribution is 5.69. The van der Waals surface area contributed by atoms with Crippen molar-refractivity contribution in [2.24, 2.45) is 0 Å². The highest BCUT2D eigenvalue weighted by Gasteiger charge is 2.42. The lowest BCUT2D eigenvalue weighted by Crippen LogP contribution is -2.56. The number of alkyl halides is 1. The maximum absolute atomic E-state index is 15.3. The SMILES string of the molecule is CCCCCCCCCCCCCCCCCC(=O)OCCN1C(F)CC(OC(=O)CCCCCCCCCCCCCCCCC)CC1(C)C. The van der Waals surface area contributed by atoms with Crippen molar-refractivity contribution in [3.63, 3.8) is 0 Å². The van der Waals surface area contributed by atoms with E-state index in [-0.39, 0.29) is 25.0 Å². The standard InChI is InChI=1S/C45H86FNO4/c1-5-7-9-11-13-15-17-19-21-23-25-27-29-31-33-35-43(48)50-38-37-47-42(46)39-41(40-45(47,3)4)51-44(49)36-34-32-30-28-26-24-22-20-18-16-14-12-10-8-6-2/h41-42H,5-40H2,1-4H3. The summed E-state index contributed by atoms with van der Waals surface area (Å²) in [5.74, 6) is -0.376. The van der Waals surface area contributed by atoms with Crippen molar-refractivity contribution in [3.05, 3.63) is 0 Å². The second-order valence-electron chi connectivity index (χ2n) is 16.6. The van der Waals surface area contributed by atoms with E-state index in [4.69, 9.17) is 9.47 Å². The third kappa shape index (κ3) is 28.0. The van der Waals surface area contributed by atoms with Crippen LogP contribution in [0.2, 0.25) is 0 Å². The number of nitrogens with zero attached hydrogens (tertiary/aromatic N) is 1. The van der Waals surface area contributed by atoms with Gasteiger partial charge in [-0.2, -0.15) is 0 Å². The first-order valence-electron chi connectivity index (χ1n) is 22.6. The minimum absolute atomic E-state index is 0.180. The van der Waals surface area contributed by atoms with Gasteiger partial charge in [-0.3, -0.25) is 14.5 Å². The van der Waals surface area contributed by atoms with Crippen LogP contribution in [0.4, 0.5) is 4.39 Å².